The molecule has 0 amide bonds. The van der Waals surface area contributed by atoms with Gasteiger partial charge in [-0.3, -0.25) is 0 Å². The minimum Gasteiger partial charge on any atom is -0.319 e. The average Bonchev–Trinajstić information content (AvgIpc) is 2.15. The number of benzene rings is 1. The largest absolute Gasteiger partial charge is 0.319 e. The van der Waals surface area contributed by atoms with E-state index in [-0.39, 0.29) is 5.82 Å². The summed E-state index contributed by atoms with van der Waals surface area (Å²) in [7, 11) is 1.95. The highest BCUT2D eigenvalue weighted by molar-refractivity contribution is 9.10. The van der Waals surface area contributed by atoms with Crippen LogP contribution in [0.25, 0.3) is 0 Å². The van der Waals surface area contributed by atoms with Crippen molar-refractivity contribution in [3.63, 3.8) is 0 Å². The molecule has 0 saturated heterocycles. The Kier molecular flexibility index (Phi) is 5.26. The van der Waals surface area contributed by atoms with E-state index in [0.717, 1.165) is 29.4 Å². The molecule has 0 aliphatic rings. The van der Waals surface area contributed by atoms with Crippen LogP contribution in [0.15, 0.2) is 22.7 Å². The van der Waals surface area contributed by atoms with Crippen LogP contribution in [-0.2, 0) is 6.42 Å². The molecule has 1 N–H and O–H groups in total. The monoisotopic (exact) mass is 273 g/mol. The highest BCUT2D eigenvalue weighted by Crippen LogP contribution is 2.18. The summed E-state index contributed by atoms with van der Waals surface area (Å²) < 4.78 is 13.9. The van der Waals surface area contributed by atoms with Gasteiger partial charge in [0.25, 0.3) is 0 Å². The highest BCUT2D eigenvalue weighted by Gasteiger charge is 2.07. The molecule has 0 aliphatic carbocycles. The molecule has 1 rings (SSSR count). The second-order valence-electron chi connectivity index (χ2n) is 3.81. The number of nitrogens with one attached hydrogen (secondary N) is 1. The van der Waals surface area contributed by atoms with Crippen LogP contribution in [0.4, 0.5) is 4.39 Å². The quantitative estimate of drug-likeness (QED) is 0.868. The van der Waals surface area contributed by atoms with E-state index in [2.05, 4.69) is 28.2 Å². The van der Waals surface area contributed by atoms with Gasteiger partial charge < -0.3 is 5.32 Å². The molecule has 0 aromatic heterocycles. The molecule has 0 bridgehead atoms. The molecular weight excluding hydrogens is 257 g/mol. The standard InChI is InChI=1S/C12H17BrFN/c1-3-9(8-15-2)4-10-5-11(13)7-12(14)6-10/h5-7,9,15H,3-4,8H2,1-2H3. The zero-order valence-corrected chi connectivity index (χ0v) is 10.8. The first-order chi connectivity index (χ1) is 7.15. The van der Waals surface area contributed by atoms with Crippen LogP contribution in [0.1, 0.15) is 18.9 Å². The predicted molar refractivity (Wildman–Crippen MR) is 65.5 cm³/mol. The maximum absolute atomic E-state index is 13.1. The zero-order valence-electron chi connectivity index (χ0n) is 9.19. The summed E-state index contributed by atoms with van der Waals surface area (Å²) in [6.07, 6.45) is 2.03. The molecule has 1 atom stereocenters. The molecule has 3 heteroatoms. The summed E-state index contributed by atoms with van der Waals surface area (Å²) in [5, 5.41) is 3.16. The summed E-state index contributed by atoms with van der Waals surface area (Å²) in [5.74, 6) is 0.405. The Labute approximate surface area is 99.2 Å². The number of hydrogen-bond donors (Lipinski definition) is 1. The van der Waals surface area contributed by atoms with Crippen molar-refractivity contribution in [1.82, 2.24) is 5.32 Å². The summed E-state index contributed by atoms with van der Waals surface area (Å²) in [4.78, 5) is 0. The van der Waals surface area contributed by atoms with E-state index in [0.29, 0.717) is 5.92 Å². The molecule has 1 nitrogen and oxygen atoms in total. The molecule has 0 radical (unpaired) electrons. The Morgan fingerprint density at radius 1 is 1.40 bits per heavy atom. The van der Waals surface area contributed by atoms with Gasteiger partial charge in [0.05, 0.1) is 0 Å². The van der Waals surface area contributed by atoms with Gasteiger partial charge in [0.1, 0.15) is 5.82 Å². The lowest BCUT2D eigenvalue weighted by Gasteiger charge is -2.14. The molecule has 1 aromatic rings. The van der Waals surface area contributed by atoms with Crippen LogP contribution in [0.3, 0.4) is 0 Å². The Hall–Kier alpha value is -0.410. The van der Waals surface area contributed by atoms with Crippen molar-refractivity contribution in [3.05, 3.63) is 34.1 Å². The van der Waals surface area contributed by atoms with Gasteiger partial charge in [-0.2, -0.15) is 0 Å². The van der Waals surface area contributed by atoms with Crippen LogP contribution < -0.4 is 5.32 Å². The summed E-state index contributed by atoms with van der Waals surface area (Å²) in [6.45, 7) is 3.14. The van der Waals surface area contributed by atoms with E-state index in [9.17, 15) is 4.39 Å². The fourth-order valence-corrected chi connectivity index (χ4v) is 2.22. The van der Waals surface area contributed by atoms with Crippen molar-refractivity contribution in [2.24, 2.45) is 5.92 Å². The Balaban J connectivity index is 2.69. The van der Waals surface area contributed by atoms with Gasteiger partial charge >= 0.3 is 0 Å². The van der Waals surface area contributed by atoms with Crippen molar-refractivity contribution in [2.45, 2.75) is 19.8 Å². The lowest BCUT2D eigenvalue weighted by molar-refractivity contribution is 0.479. The van der Waals surface area contributed by atoms with Gasteiger partial charge in [0.2, 0.25) is 0 Å². The second-order valence-corrected chi connectivity index (χ2v) is 4.73. The minimum atomic E-state index is -0.168. The Bertz CT molecular complexity index is 294. The van der Waals surface area contributed by atoms with Crippen LogP contribution in [0.2, 0.25) is 0 Å². The van der Waals surface area contributed by atoms with Gasteiger partial charge in [-0.25, -0.2) is 4.39 Å². The SMILES string of the molecule is CCC(CNC)Cc1cc(F)cc(Br)c1. The van der Waals surface area contributed by atoms with Crippen molar-refractivity contribution in [2.75, 3.05) is 13.6 Å². The third kappa shape index (κ3) is 4.31. The maximum atomic E-state index is 13.1. The predicted octanol–water partition coefficient (Wildman–Crippen LogP) is 3.38. The van der Waals surface area contributed by atoms with Crippen molar-refractivity contribution < 1.29 is 4.39 Å². The highest BCUT2D eigenvalue weighted by atomic mass is 79.9. The molecule has 1 unspecified atom stereocenters. The number of rotatable bonds is 5. The van der Waals surface area contributed by atoms with E-state index < -0.39 is 0 Å². The lowest BCUT2D eigenvalue weighted by Crippen LogP contribution is -2.20. The second kappa shape index (κ2) is 6.23. The Morgan fingerprint density at radius 3 is 2.67 bits per heavy atom. The fourth-order valence-electron chi connectivity index (χ4n) is 1.71. The fraction of sp³-hybridized carbons (Fsp3) is 0.500. The summed E-state index contributed by atoms with van der Waals surface area (Å²) in [6, 6.07) is 5.09. The number of hydrogen-bond acceptors (Lipinski definition) is 1. The molecular formula is C12H17BrFN. The average molecular weight is 274 g/mol. The van der Waals surface area contributed by atoms with E-state index >= 15 is 0 Å². The molecule has 84 valence electrons. The molecule has 0 fully saturated rings. The van der Waals surface area contributed by atoms with Crippen LogP contribution in [0, 0.1) is 11.7 Å². The van der Waals surface area contributed by atoms with Crippen molar-refractivity contribution >= 4 is 15.9 Å². The number of halogens is 2. The van der Waals surface area contributed by atoms with Gasteiger partial charge in [0.15, 0.2) is 0 Å². The first-order valence-electron chi connectivity index (χ1n) is 5.25. The normalized spacial score (nSPS) is 12.8. The van der Waals surface area contributed by atoms with Crippen LogP contribution in [0.5, 0.6) is 0 Å². The van der Waals surface area contributed by atoms with Crippen molar-refractivity contribution in [1.29, 1.82) is 0 Å². The minimum absolute atomic E-state index is 0.168. The smallest absolute Gasteiger partial charge is 0.124 e. The molecule has 0 spiro atoms. The van der Waals surface area contributed by atoms with E-state index in [1.54, 1.807) is 6.07 Å². The first kappa shape index (κ1) is 12.7. The van der Waals surface area contributed by atoms with Gasteiger partial charge in [-0.15, -0.1) is 0 Å². The van der Waals surface area contributed by atoms with E-state index in [4.69, 9.17) is 0 Å². The first-order valence-corrected chi connectivity index (χ1v) is 6.04. The summed E-state index contributed by atoms with van der Waals surface area (Å²) >= 11 is 3.31. The summed E-state index contributed by atoms with van der Waals surface area (Å²) in [5.41, 5.74) is 1.06. The third-order valence-corrected chi connectivity index (χ3v) is 2.97. The molecule has 0 saturated carbocycles. The maximum Gasteiger partial charge on any atom is 0.124 e. The molecule has 0 aliphatic heterocycles. The third-order valence-electron chi connectivity index (χ3n) is 2.52. The van der Waals surface area contributed by atoms with Crippen LogP contribution >= 0.6 is 15.9 Å². The van der Waals surface area contributed by atoms with Gasteiger partial charge in [-0.05, 0) is 49.7 Å². The van der Waals surface area contributed by atoms with E-state index in [1.807, 2.05) is 13.1 Å². The molecule has 0 heterocycles. The van der Waals surface area contributed by atoms with Gasteiger partial charge in [0, 0.05) is 4.47 Å². The van der Waals surface area contributed by atoms with Gasteiger partial charge in [-0.1, -0.05) is 29.3 Å². The van der Waals surface area contributed by atoms with E-state index in [1.165, 1.54) is 6.07 Å². The van der Waals surface area contributed by atoms with Crippen LogP contribution in [-0.4, -0.2) is 13.6 Å². The Morgan fingerprint density at radius 2 is 2.13 bits per heavy atom. The molecule has 1 aromatic carbocycles. The zero-order chi connectivity index (χ0) is 11.3. The lowest BCUT2D eigenvalue weighted by atomic mass is 9.97. The van der Waals surface area contributed by atoms with Crippen molar-refractivity contribution in [3.8, 4) is 0 Å². The topological polar surface area (TPSA) is 12.0 Å². The molecule has 15 heavy (non-hydrogen) atoms.